The number of hydrogen-bond acceptors (Lipinski definition) is 1. The van der Waals surface area contributed by atoms with Gasteiger partial charge in [-0.15, -0.1) is 0 Å². The second-order valence-electron chi connectivity index (χ2n) is 7.03. The van der Waals surface area contributed by atoms with E-state index < -0.39 is 0 Å². The van der Waals surface area contributed by atoms with E-state index in [1.165, 1.54) is 36.0 Å². The zero-order valence-electron chi connectivity index (χ0n) is 15.0. The zero-order valence-corrected chi connectivity index (χ0v) is 15.0. The van der Waals surface area contributed by atoms with E-state index in [-0.39, 0.29) is 11.2 Å². The molecule has 1 rings (SSSR count). The molecule has 1 heteroatoms. The molecule has 0 spiro atoms. The molecule has 0 radical (unpaired) electrons. The molecule has 22 heavy (non-hydrogen) atoms. The van der Waals surface area contributed by atoms with Gasteiger partial charge in [-0.2, -0.15) is 0 Å². The summed E-state index contributed by atoms with van der Waals surface area (Å²) >= 11 is 0. The molecule has 0 aromatic carbocycles. The Labute approximate surface area is 136 Å². The fraction of sp³-hybridized carbons (Fsp3) is 0.476. The van der Waals surface area contributed by atoms with Crippen LogP contribution >= 0.6 is 0 Å². The van der Waals surface area contributed by atoms with Crippen molar-refractivity contribution in [1.29, 1.82) is 0 Å². The quantitative estimate of drug-likeness (QED) is 0.442. The van der Waals surface area contributed by atoms with Gasteiger partial charge in [-0.05, 0) is 69.6 Å². The largest absolute Gasteiger partial charge is 0.295 e. The fourth-order valence-corrected chi connectivity index (χ4v) is 3.00. The van der Waals surface area contributed by atoms with E-state index in [1.807, 2.05) is 19.1 Å². The highest BCUT2D eigenvalue weighted by Crippen LogP contribution is 2.40. The lowest BCUT2D eigenvalue weighted by molar-refractivity contribution is -0.112. The lowest BCUT2D eigenvalue weighted by atomic mass is 9.72. The normalized spacial score (nSPS) is 20.3. The van der Waals surface area contributed by atoms with Crippen molar-refractivity contribution < 1.29 is 4.79 Å². The summed E-state index contributed by atoms with van der Waals surface area (Å²) in [4.78, 5) is 11.0. The highest BCUT2D eigenvalue weighted by atomic mass is 16.1. The van der Waals surface area contributed by atoms with E-state index in [4.69, 9.17) is 0 Å². The van der Waals surface area contributed by atoms with Crippen molar-refractivity contribution in [3.05, 3.63) is 58.7 Å². The van der Waals surface area contributed by atoms with E-state index in [0.29, 0.717) is 0 Å². The minimum absolute atomic E-state index is 0.0877. The molecule has 0 heterocycles. The van der Waals surface area contributed by atoms with Crippen molar-refractivity contribution in [1.82, 2.24) is 0 Å². The Hall–Kier alpha value is -1.63. The fourth-order valence-electron chi connectivity index (χ4n) is 3.00. The summed E-state index contributed by atoms with van der Waals surface area (Å²) in [5, 5.41) is 0. The van der Waals surface area contributed by atoms with E-state index >= 15 is 0 Å². The molecule has 0 atom stereocenters. The van der Waals surface area contributed by atoms with Crippen LogP contribution in [0.4, 0.5) is 0 Å². The first-order valence-corrected chi connectivity index (χ1v) is 8.14. The maximum absolute atomic E-state index is 11.0. The lowest BCUT2D eigenvalue weighted by Crippen LogP contribution is -2.19. The Balaban J connectivity index is 2.79. The number of carbonyl (C=O) groups excluding carboxylic acids is 1. The number of ketones is 1. The Bertz CT molecular complexity index is 563. The lowest BCUT2D eigenvalue weighted by Gasteiger charge is -2.32. The van der Waals surface area contributed by atoms with Crippen LogP contribution < -0.4 is 0 Å². The zero-order chi connectivity index (χ0) is 16.8. The van der Waals surface area contributed by atoms with Crippen molar-refractivity contribution in [2.75, 3.05) is 0 Å². The molecule has 0 N–H and O–H groups in total. The molecule has 0 bridgehead atoms. The van der Waals surface area contributed by atoms with Crippen LogP contribution in [-0.2, 0) is 4.79 Å². The summed E-state index contributed by atoms with van der Waals surface area (Å²) in [6, 6.07) is 0. The van der Waals surface area contributed by atoms with Crippen LogP contribution in [-0.4, -0.2) is 5.78 Å². The average Bonchev–Trinajstić information content (AvgIpc) is 2.36. The topological polar surface area (TPSA) is 17.1 Å². The van der Waals surface area contributed by atoms with E-state index in [1.54, 1.807) is 13.0 Å². The van der Waals surface area contributed by atoms with Crippen LogP contribution in [0.3, 0.4) is 0 Å². The minimum Gasteiger partial charge on any atom is -0.295 e. The van der Waals surface area contributed by atoms with Gasteiger partial charge in [0.25, 0.3) is 0 Å². The molecule has 0 aromatic heterocycles. The summed E-state index contributed by atoms with van der Waals surface area (Å²) in [5.41, 5.74) is 5.50. The monoisotopic (exact) mass is 298 g/mol. The van der Waals surface area contributed by atoms with Gasteiger partial charge in [0.1, 0.15) is 0 Å². The van der Waals surface area contributed by atoms with Gasteiger partial charge in [0.15, 0.2) is 5.78 Å². The number of allylic oxidation sites excluding steroid dienone is 10. The van der Waals surface area contributed by atoms with Gasteiger partial charge in [0.2, 0.25) is 0 Å². The molecule has 0 aromatic rings. The molecule has 1 aliphatic carbocycles. The summed E-state index contributed by atoms with van der Waals surface area (Å²) in [7, 11) is 0. The Morgan fingerprint density at radius 3 is 2.36 bits per heavy atom. The highest BCUT2D eigenvalue weighted by Gasteiger charge is 2.26. The van der Waals surface area contributed by atoms with Gasteiger partial charge in [0.05, 0.1) is 0 Å². The van der Waals surface area contributed by atoms with E-state index in [9.17, 15) is 4.79 Å². The molecule has 1 nitrogen and oxygen atoms in total. The van der Waals surface area contributed by atoms with Crippen molar-refractivity contribution in [2.45, 2.75) is 60.8 Å². The molecule has 0 fully saturated rings. The first kappa shape index (κ1) is 18.4. The van der Waals surface area contributed by atoms with Gasteiger partial charge < -0.3 is 0 Å². The maximum Gasteiger partial charge on any atom is 0.152 e. The molecule has 0 saturated carbocycles. The van der Waals surface area contributed by atoms with Crippen LogP contribution in [0.2, 0.25) is 0 Å². The molecule has 0 amide bonds. The second-order valence-corrected chi connectivity index (χ2v) is 7.03. The predicted molar refractivity (Wildman–Crippen MR) is 96.8 cm³/mol. The van der Waals surface area contributed by atoms with Crippen LogP contribution in [0.1, 0.15) is 60.8 Å². The molecule has 120 valence electrons. The smallest absolute Gasteiger partial charge is 0.152 e. The summed E-state index contributed by atoms with van der Waals surface area (Å²) < 4.78 is 0. The third kappa shape index (κ3) is 6.01. The third-order valence-electron chi connectivity index (χ3n) is 4.20. The van der Waals surface area contributed by atoms with Crippen LogP contribution in [0.5, 0.6) is 0 Å². The van der Waals surface area contributed by atoms with Crippen LogP contribution in [0, 0.1) is 5.41 Å². The van der Waals surface area contributed by atoms with Gasteiger partial charge >= 0.3 is 0 Å². The van der Waals surface area contributed by atoms with Crippen molar-refractivity contribution in [3.8, 4) is 0 Å². The summed E-state index contributed by atoms with van der Waals surface area (Å²) in [5.74, 6) is 0.0877. The Kier molecular flexibility index (Phi) is 6.80. The van der Waals surface area contributed by atoms with Gasteiger partial charge in [-0.25, -0.2) is 0 Å². The second kappa shape index (κ2) is 8.12. The Morgan fingerprint density at radius 1 is 1.09 bits per heavy atom. The van der Waals surface area contributed by atoms with Gasteiger partial charge in [0, 0.05) is 0 Å². The number of rotatable bonds is 5. The first-order valence-electron chi connectivity index (χ1n) is 8.14. The molecule has 1 aliphatic rings. The van der Waals surface area contributed by atoms with Crippen molar-refractivity contribution >= 4 is 5.78 Å². The van der Waals surface area contributed by atoms with Crippen molar-refractivity contribution in [3.63, 3.8) is 0 Å². The molecule has 0 saturated heterocycles. The van der Waals surface area contributed by atoms with Crippen molar-refractivity contribution in [2.24, 2.45) is 5.41 Å². The first-order chi connectivity index (χ1) is 10.2. The predicted octanol–water partition coefficient (Wildman–Crippen LogP) is 6.11. The van der Waals surface area contributed by atoms with Crippen LogP contribution in [0.15, 0.2) is 58.7 Å². The number of hydrogen-bond donors (Lipinski definition) is 0. The van der Waals surface area contributed by atoms with Gasteiger partial charge in [-0.3, -0.25) is 4.79 Å². The standard InChI is InChI=1S/C21H30O/c1-16(9-7-10-17(2)15-19(4)22)12-13-20-18(3)11-8-14-21(20,5)6/h7,9-10,12-13,15H,8,11,14H2,1-6H3/b10-7+,13-12+,16-9+,17-15?. The van der Waals surface area contributed by atoms with E-state index in [2.05, 4.69) is 45.9 Å². The summed E-state index contributed by atoms with van der Waals surface area (Å²) in [6.07, 6.45) is 16.0. The maximum atomic E-state index is 11.0. The Morgan fingerprint density at radius 2 is 1.77 bits per heavy atom. The SMILES string of the molecule is CC(=O)C=C(C)/C=C/C=C(C)/C=C/C1=C(C)CCCC1(C)C. The van der Waals surface area contributed by atoms with Gasteiger partial charge in [-0.1, -0.05) is 55.4 Å². The molecular weight excluding hydrogens is 268 g/mol. The molecule has 0 aliphatic heterocycles. The molecule has 0 unspecified atom stereocenters. The number of carbonyl (C=O) groups is 1. The highest BCUT2D eigenvalue weighted by molar-refractivity contribution is 5.88. The minimum atomic E-state index is 0.0877. The summed E-state index contributed by atoms with van der Waals surface area (Å²) in [6.45, 7) is 12.6. The third-order valence-corrected chi connectivity index (χ3v) is 4.20. The van der Waals surface area contributed by atoms with E-state index in [0.717, 1.165) is 5.57 Å². The molecular formula is C21H30O. The van der Waals surface area contributed by atoms with Crippen LogP contribution in [0.25, 0.3) is 0 Å². The average molecular weight is 298 g/mol.